The lowest BCUT2D eigenvalue weighted by molar-refractivity contribution is -0.138. The number of nitrogens with zero attached hydrogens (tertiary/aromatic N) is 2. The van der Waals surface area contributed by atoms with Gasteiger partial charge < -0.3 is 9.64 Å². The van der Waals surface area contributed by atoms with Crippen LogP contribution in [0.1, 0.15) is 25.7 Å². The maximum absolute atomic E-state index is 12.6. The lowest BCUT2D eigenvalue weighted by atomic mass is 9.93. The van der Waals surface area contributed by atoms with Crippen LogP contribution in [0.2, 0.25) is 0 Å². The van der Waals surface area contributed by atoms with Gasteiger partial charge in [0.25, 0.3) is 0 Å². The number of likely N-dealkylation sites (tertiary alicyclic amines) is 1. The molecule has 0 aliphatic carbocycles. The van der Waals surface area contributed by atoms with Crippen molar-refractivity contribution < 1.29 is 17.9 Å². The molecule has 23 heavy (non-hydrogen) atoms. The van der Waals surface area contributed by atoms with E-state index in [9.17, 15) is 13.2 Å². The molecule has 0 aromatic rings. The predicted octanol–water partition coefficient (Wildman–Crippen LogP) is 0.546. The van der Waals surface area contributed by atoms with Gasteiger partial charge in [-0.3, -0.25) is 4.79 Å². The van der Waals surface area contributed by atoms with Gasteiger partial charge in [0, 0.05) is 32.1 Å². The molecular weight excluding hydrogens is 316 g/mol. The first-order valence-corrected chi connectivity index (χ1v) is 10.0. The number of sulfonamides is 1. The van der Waals surface area contributed by atoms with Crippen LogP contribution in [-0.2, 0) is 19.6 Å². The topological polar surface area (TPSA) is 66.9 Å². The van der Waals surface area contributed by atoms with Crippen LogP contribution < -0.4 is 0 Å². The van der Waals surface area contributed by atoms with Crippen LogP contribution >= 0.6 is 0 Å². The van der Waals surface area contributed by atoms with Crippen molar-refractivity contribution in [3.8, 4) is 12.3 Å². The Kier molecular flexibility index (Phi) is 6.45. The highest BCUT2D eigenvalue weighted by Gasteiger charge is 2.32. The van der Waals surface area contributed by atoms with Crippen LogP contribution in [0, 0.1) is 24.2 Å². The maximum Gasteiger partial charge on any atom is 0.225 e. The Hall–Kier alpha value is -1.10. The average molecular weight is 342 g/mol. The SMILES string of the molecule is C#CCOCC1CCN(C(=O)C2CCN(S(C)(=O)=O)CC2)CC1. The summed E-state index contributed by atoms with van der Waals surface area (Å²) in [5, 5.41) is 0. The zero-order valence-electron chi connectivity index (χ0n) is 13.7. The Bertz CT molecular complexity index is 539. The molecule has 2 fully saturated rings. The van der Waals surface area contributed by atoms with Crippen LogP contribution in [0.5, 0.6) is 0 Å². The fourth-order valence-corrected chi connectivity index (χ4v) is 4.17. The summed E-state index contributed by atoms with van der Waals surface area (Å²) in [7, 11) is -3.14. The molecular formula is C16H26N2O4S. The van der Waals surface area contributed by atoms with Gasteiger partial charge in [0.05, 0.1) is 12.9 Å². The van der Waals surface area contributed by atoms with Gasteiger partial charge in [-0.2, -0.15) is 0 Å². The van der Waals surface area contributed by atoms with Crippen molar-refractivity contribution in [1.29, 1.82) is 0 Å². The van der Waals surface area contributed by atoms with Crippen LogP contribution in [0.25, 0.3) is 0 Å². The van der Waals surface area contributed by atoms with Crippen molar-refractivity contribution in [1.82, 2.24) is 9.21 Å². The van der Waals surface area contributed by atoms with Gasteiger partial charge in [-0.05, 0) is 31.6 Å². The van der Waals surface area contributed by atoms with Gasteiger partial charge in [0.15, 0.2) is 0 Å². The highest BCUT2D eigenvalue weighted by molar-refractivity contribution is 7.88. The lowest BCUT2D eigenvalue weighted by Gasteiger charge is -2.36. The Morgan fingerprint density at radius 1 is 1.17 bits per heavy atom. The number of carbonyl (C=O) groups is 1. The molecule has 0 radical (unpaired) electrons. The molecule has 0 saturated carbocycles. The van der Waals surface area contributed by atoms with Gasteiger partial charge in [-0.1, -0.05) is 5.92 Å². The van der Waals surface area contributed by atoms with Crippen molar-refractivity contribution in [2.45, 2.75) is 25.7 Å². The molecule has 0 atom stereocenters. The number of hydrogen-bond acceptors (Lipinski definition) is 4. The fourth-order valence-electron chi connectivity index (χ4n) is 3.30. The molecule has 6 nitrogen and oxygen atoms in total. The second-order valence-corrected chi connectivity index (χ2v) is 8.41. The number of amides is 1. The van der Waals surface area contributed by atoms with Gasteiger partial charge >= 0.3 is 0 Å². The van der Waals surface area contributed by atoms with Crippen molar-refractivity contribution in [3.05, 3.63) is 0 Å². The molecule has 0 unspecified atom stereocenters. The van der Waals surface area contributed by atoms with E-state index < -0.39 is 10.0 Å². The van der Waals surface area contributed by atoms with E-state index in [-0.39, 0.29) is 11.8 Å². The number of rotatable bonds is 5. The van der Waals surface area contributed by atoms with E-state index in [1.54, 1.807) is 0 Å². The van der Waals surface area contributed by atoms with Gasteiger partial charge in [-0.25, -0.2) is 12.7 Å². The first kappa shape index (κ1) is 18.2. The molecule has 0 bridgehead atoms. The van der Waals surface area contributed by atoms with E-state index in [2.05, 4.69) is 5.92 Å². The Morgan fingerprint density at radius 2 is 1.78 bits per heavy atom. The summed E-state index contributed by atoms with van der Waals surface area (Å²) >= 11 is 0. The minimum Gasteiger partial charge on any atom is -0.369 e. The first-order valence-electron chi connectivity index (χ1n) is 8.17. The molecule has 2 heterocycles. The number of terminal acetylenes is 1. The summed E-state index contributed by atoms with van der Waals surface area (Å²) in [6.45, 7) is 3.43. The number of piperidine rings is 2. The minimum absolute atomic E-state index is 0.0396. The molecule has 0 aromatic heterocycles. The van der Waals surface area contributed by atoms with Gasteiger partial charge in [0.2, 0.25) is 15.9 Å². The second-order valence-electron chi connectivity index (χ2n) is 6.42. The van der Waals surface area contributed by atoms with Crippen LogP contribution in [0.3, 0.4) is 0 Å². The number of ether oxygens (including phenoxy) is 1. The molecule has 2 aliphatic rings. The Morgan fingerprint density at radius 3 is 2.30 bits per heavy atom. The molecule has 0 aromatic carbocycles. The van der Waals surface area contributed by atoms with E-state index in [0.717, 1.165) is 25.9 Å². The molecule has 0 N–H and O–H groups in total. The van der Waals surface area contributed by atoms with Crippen LogP contribution in [-0.4, -0.2) is 69.2 Å². The van der Waals surface area contributed by atoms with E-state index in [1.165, 1.54) is 10.6 Å². The zero-order valence-corrected chi connectivity index (χ0v) is 14.6. The van der Waals surface area contributed by atoms with E-state index >= 15 is 0 Å². The summed E-state index contributed by atoms with van der Waals surface area (Å²) in [4.78, 5) is 14.5. The van der Waals surface area contributed by atoms with Crippen LogP contribution in [0.15, 0.2) is 0 Å². The molecule has 2 rings (SSSR count). The quantitative estimate of drug-likeness (QED) is 0.540. The summed E-state index contributed by atoms with van der Waals surface area (Å²) in [6, 6.07) is 0. The lowest BCUT2D eigenvalue weighted by Crippen LogP contribution is -2.46. The smallest absolute Gasteiger partial charge is 0.225 e. The highest BCUT2D eigenvalue weighted by atomic mass is 32.2. The summed E-state index contributed by atoms with van der Waals surface area (Å²) in [5.74, 6) is 3.07. The third-order valence-corrected chi connectivity index (χ3v) is 6.04. The molecule has 2 aliphatic heterocycles. The minimum atomic E-state index is -3.14. The summed E-state index contributed by atoms with van der Waals surface area (Å²) < 4.78 is 29.9. The summed E-state index contributed by atoms with van der Waals surface area (Å²) in [6.07, 6.45) is 9.51. The maximum atomic E-state index is 12.6. The average Bonchev–Trinajstić information content (AvgIpc) is 2.54. The zero-order chi connectivity index (χ0) is 16.9. The normalized spacial score (nSPS) is 22.0. The standard InChI is InChI=1S/C16H26N2O4S/c1-3-12-22-13-14-4-8-17(9-5-14)16(19)15-6-10-18(11-7-15)23(2,20)21/h1,14-15H,4-13H2,2H3. The molecule has 1 amide bonds. The number of carbonyl (C=O) groups excluding carboxylic acids is 1. The second kappa shape index (κ2) is 8.13. The Balaban J connectivity index is 1.75. The van der Waals surface area contributed by atoms with Crippen molar-refractivity contribution in [3.63, 3.8) is 0 Å². The van der Waals surface area contributed by atoms with Gasteiger partial charge in [-0.15, -0.1) is 6.42 Å². The highest BCUT2D eigenvalue weighted by Crippen LogP contribution is 2.24. The van der Waals surface area contributed by atoms with E-state index in [4.69, 9.17) is 11.2 Å². The molecule has 2 saturated heterocycles. The predicted molar refractivity (Wildman–Crippen MR) is 88.1 cm³/mol. The van der Waals surface area contributed by atoms with Gasteiger partial charge in [0.1, 0.15) is 6.61 Å². The van der Waals surface area contributed by atoms with Crippen molar-refractivity contribution >= 4 is 15.9 Å². The van der Waals surface area contributed by atoms with Crippen LogP contribution in [0.4, 0.5) is 0 Å². The monoisotopic (exact) mass is 342 g/mol. The largest absolute Gasteiger partial charge is 0.369 e. The third-order valence-electron chi connectivity index (χ3n) is 4.74. The molecule has 130 valence electrons. The molecule has 0 spiro atoms. The van der Waals surface area contributed by atoms with Crippen molar-refractivity contribution in [2.75, 3.05) is 45.6 Å². The van der Waals surface area contributed by atoms with E-state index in [0.29, 0.717) is 45.1 Å². The first-order chi connectivity index (χ1) is 10.9. The molecule has 7 heteroatoms. The fraction of sp³-hybridized carbons (Fsp3) is 0.812. The Labute approximate surface area is 139 Å². The number of hydrogen-bond donors (Lipinski definition) is 0. The summed E-state index contributed by atoms with van der Waals surface area (Å²) in [5.41, 5.74) is 0. The third kappa shape index (κ3) is 5.20. The van der Waals surface area contributed by atoms with Crippen molar-refractivity contribution in [2.24, 2.45) is 11.8 Å². The van der Waals surface area contributed by atoms with E-state index in [1.807, 2.05) is 4.90 Å².